The summed E-state index contributed by atoms with van der Waals surface area (Å²) >= 11 is 0. The smallest absolute Gasteiger partial charge is 0.394 e. The fraction of sp³-hybridized carbons (Fsp3) is 0.667. The molecule has 6 N–H and O–H groups in total. The highest BCUT2D eigenvalue weighted by molar-refractivity contribution is 7.46. The van der Waals surface area contributed by atoms with Crippen LogP contribution in [0.5, 0.6) is 0 Å². The number of aromatic amines is 1. The molecule has 1 aliphatic rings. The molecule has 0 amide bonds. The third-order valence-corrected chi connectivity index (χ3v) is 3.71. The molecule has 2 heterocycles. The van der Waals surface area contributed by atoms with Gasteiger partial charge in [0.05, 0.1) is 25.9 Å². The number of aliphatic hydroxyl groups is 3. The van der Waals surface area contributed by atoms with Gasteiger partial charge in [-0.05, 0) is 6.92 Å². The highest BCUT2D eigenvalue weighted by Crippen LogP contribution is 2.35. The lowest BCUT2D eigenvalue weighted by atomic mass is 10.2. The molecular formula is C12H21N2O10P. The van der Waals surface area contributed by atoms with Crippen LogP contribution in [0.1, 0.15) is 18.2 Å². The Morgan fingerprint density at radius 1 is 1.40 bits per heavy atom. The molecule has 1 saturated heterocycles. The number of rotatable bonds is 5. The second-order valence-electron chi connectivity index (χ2n) is 5.14. The van der Waals surface area contributed by atoms with Gasteiger partial charge in [-0.2, -0.15) is 0 Å². The third-order valence-electron chi connectivity index (χ3n) is 3.19. The minimum Gasteiger partial charge on any atom is -0.394 e. The van der Waals surface area contributed by atoms with E-state index >= 15 is 0 Å². The molecule has 0 saturated carbocycles. The molecule has 13 heteroatoms. The van der Waals surface area contributed by atoms with Crippen LogP contribution >= 0.6 is 7.82 Å². The van der Waals surface area contributed by atoms with E-state index in [1.807, 2.05) is 0 Å². The maximum absolute atomic E-state index is 11.6. The Morgan fingerprint density at radius 3 is 2.48 bits per heavy atom. The highest BCUT2D eigenvalue weighted by Gasteiger charge is 2.34. The third kappa shape index (κ3) is 6.80. The molecule has 0 radical (unpaired) electrons. The standard InChI is InChI=1S/C10H14N2O5.C2H7O5P/c1-5-3-12(10(16)11-9(5)15)8-2-6(14)7(4-13)17-8;3-1-2-7-8(4,5)6/h3,6-8,13-14H,2,4H2,1H3,(H,11,15,16);3H,1-2H2,(H2,4,5,6)/t6-,7+,8+;/m0./s1. The average molecular weight is 384 g/mol. The molecule has 3 atom stereocenters. The van der Waals surface area contributed by atoms with Crippen LogP contribution in [0.25, 0.3) is 0 Å². The Bertz CT molecular complexity index is 711. The van der Waals surface area contributed by atoms with E-state index in [-0.39, 0.29) is 26.2 Å². The zero-order valence-corrected chi connectivity index (χ0v) is 14.2. The predicted molar refractivity (Wildman–Crippen MR) is 82.8 cm³/mol. The molecule has 0 unspecified atom stereocenters. The summed E-state index contributed by atoms with van der Waals surface area (Å²) in [5.41, 5.74) is -0.643. The van der Waals surface area contributed by atoms with Crippen molar-refractivity contribution in [3.05, 3.63) is 32.6 Å². The summed E-state index contributed by atoms with van der Waals surface area (Å²) in [7, 11) is -4.34. The van der Waals surface area contributed by atoms with Crippen molar-refractivity contribution in [2.24, 2.45) is 0 Å². The largest absolute Gasteiger partial charge is 0.469 e. The molecule has 25 heavy (non-hydrogen) atoms. The first-order valence-corrected chi connectivity index (χ1v) is 8.69. The van der Waals surface area contributed by atoms with Crippen molar-refractivity contribution in [1.29, 1.82) is 0 Å². The molecule has 0 spiro atoms. The Balaban J connectivity index is 0.000000333. The SMILES string of the molecule is Cc1cn([C@H]2C[C@H](O)[C@@H](CO)O2)c(=O)[nH]c1=O.O=P(O)(O)OCCO. The van der Waals surface area contributed by atoms with Crippen molar-refractivity contribution in [1.82, 2.24) is 9.55 Å². The predicted octanol–water partition coefficient (Wildman–Crippen LogP) is -2.43. The summed E-state index contributed by atoms with van der Waals surface area (Å²) in [4.78, 5) is 40.8. The van der Waals surface area contributed by atoms with Crippen LogP contribution in [0.2, 0.25) is 0 Å². The van der Waals surface area contributed by atoms with E-state index in [0.717, 1.165) is 0 Å². The first-order valence-electron chi connectivity index (χ1n) is 7.16. The quantitative estimate of drug-likeness (QED) is 0.298. The number of ether oxygens (including phenoxy) is 1. The van der Waals surface area contributed by atoms with Crippen LogP contribution in [0.15, 0.2) is 15.8 Å². The summed E-state index contributed by atoms with van der Waals surface area (Å²) in [5, 5.41) is 26.5. The number of hydrogen-bond donors (Lipinski definition) is 6. The monoisotopic (exact) mass is 384 g/mol. The van der Waals surface area contributed by atoms with Crippen LogP contribution in [0.3, 0.4) is 0 Å². The molecule has 0 aromatic carbocycles. The second kappa shape index (κ2) is 9.36. The van der Waals surface area contributed by atoms with Crippen molar-refractivity contribution >= 4 is 7.82 Å². The van der Waals surface area contributed by atoms with E-state index in [4.69, 9.17) is 24.7 Å². The fourth-order valence-corrected chi connectivity index (χ4v) is 2.33. The first kappa shape index (κ1) is 21.7. The Morgan fingerprint density at radius 2 is 2.04 bits per heavy atom. The van der Waals surface area contributed by atoms with Crippen molar-refractivity contribution in [3.63, 3.8) is 0 Å². The van der Waals surface area contributed by atoms with Crippen LogP contribution in [-0.4, -0.2) is 66.7 Å². The number of hydrogen-bond acceptors (Lipinski definition) is 8. The first-order chi connectivity index (χ1) is 11.6. The number of nitrogens with one attached hydrogen (secondary N) is 1. The summed E-state index contributed by atoms with van der Waals surface area (Å²) in [5.74, 6) is 0. The number of phosphoric ester groups is 1. The minimum absolute atomic E-state index is 0.205. The molecule has 12 nitrogen and oxygen atoms in total. The molecule has 0 bridgehead atoms. The Hall–Kier alpha value is -1.37. The van der Waals surface area contributed by atoms with Gasteiger partial charge < -0.3 is 29.8 Å². The van der Waals surface area contributed by atoms with E-state index < -0.39 is 37.5 Å². The van der Waals surface area contributed by atoms with Crippen molar-refractivity contribution < 1.29 is 38.9 Å². The maximum Gasteiger partial charge on any atom is 0.469 e. The van der Waals surface area contributed by atoms with Crippen molar-refractivity contribution in [3.8, 4) is 0 Å². The second-order valence-corrected chi connectivity index (χ2v) is 6.38. The topological polar surface area (TPSA) is 192 Å². The van der Waals surface area contributed by atoms with E-state index in [0.29, 0.717) is 5.56 Å². The van der Waals surface area contributed by atoms with E-state index in [1.54, 1.807) is 6.92 Å². The van der Waals surface area contributed by atoms with Crippen LogP contribution < -0.4 is 11.2 Å². The number of phosphoric acid groups is 1. The number of nitrogens with zero attached hydrogens (tertiary/aromatic N) is 1. The van der Waals surface area contributed by atoms with E-state index in [9.17, 15) is 19.3 Å². The number of aromatic nitrogens is 2. The van der Waals surface area contributed by atoms with Gasteiger partial charge in [-0.3, -0.25) is 18.9 Å². The van der Waals surface area contributed by atoms with Crippen molar-refractivity contribution in [2.45, 2.75) is 31.8 Å². The molecule has 1 fully saturated rings. The lowest BCUT2D eigenvalue weighted by molar-refractivity contribution is -0.0459. The molecule has 1 aromatic heterocycles. The molecule has 0 aliphatic carbocycles. The van der Waals surface area contributed by atoms with Crippen molar-refractivity contribution in [2.75, 3.05) is 19.8 Å². The van der Waals surface area contributed by atoms with Gasteiger partial charge in [0.1, 0.15) is 12.3 Å². The maximum atomic E-state index is 11.6. The molecule has 2 rings (SSSR count). The molecule has 1 aliphatic heterocycles. The summed E-state index contributed by atoms with van der Waals surface area (Å²) in [6.07, 6.45) is -0.581. The molecule has 144 valence electrons. The normalized spacial score (nSPS) is 23.2. The zero-order chi connectivity index (χ0) is 19.2. The van der Waals surface area contributed by atoms with Gasteiger partial charge in [-0.15, -0.1) is 0 Å². The van der Waals surface area contributed by atoms with Gasteiger partial charge in [-0.1, -0.05) is 0 Å². The zero-order valence-electron chi connectivity index (χ0n) is 13.3. The summed E-state index contributed by atoms with van der Waals surface area (Å²) in [6.45, 7) is 0.549. The lowest BCUT2D eigenvalue weighted by Crippen LogP contribution is -2.33. The Labute approximate surface area is 141 Å². The Kier molecular flexibility index (Phi) is 8.12. The van der Waals surface area contributed by atoms with Crippen LogP contribution in [-0.2, 0) is 13.8 Å². The van der Waals surface area contributed by atoms with E-state index in [2.05, 4.69) is 9.51 Å². The minimum atomic E-state index is -4.34. The van der Waals surface area contributed by atoms with Gasteiger partial charge in [0.2, 0.25) is 0 Å². The number of aryl methyl sites for hydroxylation is 1. The van der Waals surface area contributed by atoms with Gasteiger partial charge in [0.15, 0.2) is 0 Å². The lowest BCUT2D eigenvalue weighted by Gasteiger charge is -2.14. The highest BCUT2D eigenvalue weighted by atomic mass is 31.2. The van der Waals surface area contributed by atoms with Gasteiger partial charge in [0, 0.05) is 18.2 Å². The van der Waals surface area contributed by atoms with Crippen LogP contribution in [0, 0.1) is 6.92 Å². The van der Waals surface area contributed by atoms with E-state index in [1.165, 1.54) is 10.8 Å². The number of aliphatic hydroxyl groups excluding tert-OH is 3. The average Bonchev–Trinajstić information content (AvgIpc) is 2.89. The summed E-state index contributed by atoms with van der Waals surface area (Å²) < 4.78 is 20.1. The van der Waals surface area contributed by atoms with Gasteiger partial charge >= 0.3 is 13.5 Å². The van der Waals surface area contributed by atoms with Gasteiger partial charge in [-0.25, -0.2) is 9.36 Å². The van der Waals surface area contributed by atoms with Crippen LogP contribution in [0.4, 0.5) is 0 Å². The fourth-order valence-electron chi connectivity index (χ4n) is 2.01. The van der Waals surface area contributed by atoms with Gasteiger partial charge in [0.25, 0.3) is 5.56 Å². The summed E-state index contributed by atoms with van der Waals surface area (Å²) in [6, 6.07) is 0. The molecular weight excluding hydrogens is 363 g/mol. The molecule has 1 aromatic rings. The number of H-pyrrole nitrogens is 1.